The van der Waals surface area contributed by atoms with Gasteiger partial charge in [-0.05, 0) is 23.8 Å². The molecule has 0 saturated carbocycles. The minimum atomic E-state index is 0. The molecule has 0 N–H and O–H groups in total. The van der Waals surface area contributed by atoms with Crippen LogP contribution in [0.4, 0.5) is 5.69 Å². The van der Waals surface area contributed by atoms with E-state index in [0.29, 0.717) is 5.56 Å². The average molecular weight is 343 g/mol. The molecule has 3 nitrogen and oxygen atoms in total. The predicted octanol–water partition coefficient (Wildman–Crippen LogP) is -0.110. The summed E-state index contributed by atoms with van der Waals surface area (Å²) in [5.74, 6) is 0.904. The van der Waals surface area contributed by atoms with Crippen LogP contribution in [0.1, 0.15) is 16.7 Å². The summed E-state index contributed by atoms with van der Waals surface area (Å²) in [5, 5.41) is 8.85. The van der Waals surface area contributed by atoms with E-state index in [4.69, 9.17) is 10.00 Å². The Balaban J connectivity index is 0.00000161. The average Bonchev–Trinajstić information content (AvgIpc) is 2.54. The molecule has 0 aliphatic carbocycles. The van der Waals surface area contributed by atoms with Crippen LogP contribution >= 0.6 is 0 Å². The van der Waals surface area contributed by atoms with Crippen LogP contribution in [0.25, 0.3) is 0 Å². The fourth-order valence-electron chi connectivity index (χ4n) is 2.52. The van der Waals surface area contributed by atoms with E-state index in [1.54, 1.807) is 7.11 Å². The van der Waals surface area contributed by atoms with Gasteiger partial charge in [-0.2, -0.15) is 9.84 Å². The number of rotatable bonds is 2. The summed E-state index contributed by atoms with van der Waals surface area (Å²) < 4.78 is 7.63. The van der Waals surface area contributed by atoms with E-state index >= 15 is 0 Å². The van der Waals surface area contributed by atoms with Crippen molar-refractivity contribution in [3.8, 4) is 11.8 Å². The van der Waals surface area contributed by atoms with Gasteiger partial charge in [-0.25, -0.2) is 0 Å². The third-order valence-corrected chi connectivity index (χ3v) is 3.61. The Hall–Kier alpha value is -2.12. The highest BCUT2D eigenvalue weighted by Gasteiger charge is 2.20. The molecule has 106 valence electrons. The molecule has 0 radical (unpaired) electrons. The third-order valence-electron chi connectivity index (χ3n) is 3.61. The second kappa shape index (κ2) is 6.55. The lowest BCUT2D eigenvalue weighted by Crippen LogP contribution is -3.00. The van der Waals surface area contributed by atoms with Crippen LogP contribution < -0.4 is 21.7 Å². The molecule has 0 atom stereocenters. The van der Waals surface area contributed by atoms with Gasteiger partial charge in [-0.3, -0.25) is 0 Å². The number of ether oxygens (including phenoxy) is 1. The van der Waals surface area contributed by atoms with Crippen molar-refractivity contribution in [2.24, 2.45) is 0 Å². The summed E-state index contributed by atoms with van der Waals surface area (Å²) in [6, 6.07) is 16.0. The Kier molecular flexibility index (Phi) is 4.77. The monoisotopic (exact) mass is 342 g/mol. The Morgan fingerprint density at radius 2 is 1.90 bits per heavy atom. The molecule has 2 aromatic rings. The zero-order valence-corrected chi connectivity index (χ0v) is 13.3. The van der Waals surface area contributed by atoms with Gasteiger partial charge in [-0.15, -0.1) is 0 Å². The first-order valence-electron chi connectivity index (χ1n) is 6.59. The molecule has 0 fully saturated rings. The summed E-state index contributed by atoms with van der Waals surface area (Å²) in [5.41, 5.74) is 4.24. The molecular weight excluding hydrogens is 328 g/mol. The van der Waals surface area contributed by atoms with Gasteiger partial charge in [0.25, 0.3) is 0 Å². The zero-order valence-electron chi connectivity index (χ0n) is 11.7. The van der Waals surface area contributed by atoms with Gasteiger partial charge < -0.3 is 21.7 Å². The maximum absolute atomic E-state index is 8.85. The molecule has 0 saturated heterocycles. The number of benzene rings is 2. The van der Waals surface area contributed by atoms with E-state index in [-0.39, 0.29) is 17.0 Å². The molecule has 2 aromatic carbocycles. The zero-order chi connectivity index (χ0) is 13.9. The number of halogens is 1. The van der Waals surface area contributed by atoms with E-state index in [1.807, 2.05) is 36.4 Å². The maximum atomic E-state index is 8.85. The van der Waals surface area contributed by atoms with Gasteiger partial charge in [-0.1, -0.05) is 12.1 Å². The fraction of sp³-hybridized carbons (Fsp3) is 0.176. The summed E-state index contributed by atoms with van der Waals surface area (Å²) >= 11 is 0. The number of nitriles is 1. The van der Waals surface area contributed by atoms with E-state index in [2.05, 4.69) is 22.9 Å². The van der Waals surface area contributed by atoms with Crippen LogP contribution in [0.3, 0.4) is 0 Å². The molecule has 0 bridgehead atoms. The third kappa shape index (κ3) is 2.98. The van der Waals surface area contributed by atoms with Crippen LogP contribution in [0, 0.1) is 11.3 Å². The highest BCUT2D eigenvalue weighted by Crippen LogP contribution is 2.25. The quantitative estimate of drug-likeness (QED) is 0.714. The number of hydrogen-bond donors (Lipinski definition) is 0. The van der Waals surface area contributed by atoms with Crippen molar-refractivity contribution in [3.05, 3.63) is 59.2 Å². The molecule has 3 rings (SSSR count). The fourth-order valence-corrected chi connectivity index (χ4v) is 2.52. The normalized spacial score (nSPS) is 12.5. The van der Waals surface area contributed by atoms with Crippen molar-refractivity contribution >= 4 is 11.9 Å². The van der Waals surface area contributed by atoms with E-state index in [9.17, 15) is 0 Å². The van der Waals surface area contributed by atoms with Crippen molar-refractivity contribution < 1.29 is 26.3 Å². The van der Waals surface area contributed by atoms with Crippen LogP contribution in [-0.2, 0) is 6.42 Å². The SMILES string of the molecule is COc1cccc2c1C=[N+](c1ccc(C#N)cc1)CC2.[Br-]. The minimum absolute atomic E-state index is 0. The Labute approximate surface area is 134 Å². The molecular formula is C17H15BrN2O. The van der Waals surface area contributed by atoms with Crippen LogP contribution in [-0.4, -0.2) is 24.4 Å². The molecule has 1 aliphatic rings. The first-order valence-corrected chi connectivity index (χ1v) is 6.59. The highest BCUT2D eigenvalue weighted by molar-refractivity contribution is 5.83. The van der Waals surface area contributed by atoms with Gasteiger partial charge in [0.15, 0.2) is 12.8 Å². The highest BCUT2D eigenvalue weighted by atomic mass is 79.9. The van der Waals surface area contributed by atoms with E-state index in [1.165, 1.54) is 5.56 Å². The number of fused-ring (bicyclic) bond motifs is 1. The lowest BCUT2D eigenvalue weighted by Gasteiger charge is -2.14. The molecule has 0 spiro atoms. The Morgan fingerprint density at radius 1 is 1.14 bits per heavy atom. The van der Waals surface area contributed by atoms with Crippen LogP contribution in [0.15, 0.2) is 42.5 Å². The molecule has 1 heterocycles. The van der Waals surface area contributed by atoms with Crippen molar-refractivity contribution in [2.45, 2.75) is 6.42 Å². The van der Waals surface area contributed by atoms with Crippen LogP contribution in [0.5, 0.6) is 5.75 Å². The number of hydrogen-bond acceptors (Lipinski definition) is 2. The summed E-state index contributed by atoms with van der Waals surface area (Å²) in [7, 11) is 1.70. The van der Waals surface area contributed by atoms with Gasteiger partial charge in [0, 0.05) is 18.6 Å². The molecule has 1 aliphatic heterocycles. The summed E-state index contributed by atoms with van der Waals surface area (Å²) in [6.45, 7) is 0.937. The minimum Gasteiger partial charge on any atom is -1.00 e. The standard InChI is InChI=1S/C17H15N2O.BrH/c1-20-17-4-2-3-14-9-10-19(12-16(14)17)15-7-5-13(11-18)6-8-15;/h2-8,12H,9-10H2,1H3;1H/q+1;/p-1. The molecule has 0 amide bonds. The van der Waals surface area contributed by atoms with E-state index in [0.717, 1.165) is 30.0 Å². The maximum Gasteiger partial charge on any atom is 0.205 e. The number of nitrogens with zero attached hydrogens (tertiary/aromatic N) is 2. The van der Waals surface area contributed by atoms with Gasteiger partial charge in [0.2, 0.25) is 5.69 Å². The first-order chi connectivity index (χ1) is 9.81. The second-order valence-electron chi connectivity index (χ2n) is 4.76. The molecule has 21 heavy (non-hydrogen) atoms. The topological polar surface area (TPSA) is 36.0 Å². The van der Waals surface area contributed by atoms with Gasteiger partial charge >= 0.3 is 0 Å². The van der Waals surface area contributed by atoms with Gasteiger partial charge in [0.1, 0.15) is 5.75 Å². The molecule has 0 aromatic heterocycles. The van der Waals surface area contributed by atoms with Gasteiger partial charge in [0.05, 0.1) is 24.3 Å². The summed E-state index contributed by atoms with van der Waals surface area (Å²) in [6.07, 6.45) is 3.11. The summed E-state index contributed by atoms with van der Waals surface area (Å²) in [4.78, 5) is 0. The van der Waals surface area contributed by atoms with Crippen LogP contribution in [0.2, 0.25) is 0 Å². The van der Waals surface area contributed by atoms with Crippen molar-refractivity contribution in [2.75, 3.05) is 13.7 Å². The second-order valence-corrected chi connectivity index (χ2v) is 4.76. The number of methoxy groups -OCH3 is 1. The van der Waals surface area contributed by atoms with Crippen molar-refractivity contribution in [1.82, 2.24) is 0 Å². The largest absolute Gasteiger partial charge is 1.00 e. The molecule has 0 unspecified atom stereocenters. The Bertz CT molecular complexity index is 715. The lowest BCUT2D eigenvalue weighted by atomic mass is 10.0. The Morgan fingerprint density at radius 3 is 2.57 bits per heavy atom. The van der Waals surface area contributed by atoms with E-state index < -0.39 is 0 Å². The lowest BCUT2D eigenvalue weighted by molar-refractivity contribution is -0.436. The molecule has 4 heteroatoms. The predicted molar refractivity (Wildman–Crippen MR) is 77.8 cm³/mol. The first kappa shape index (κ1) is 15.3. The van der Waals surface area contributed by atoms with Crippen molar-refractivity contribution in [1.29, 1.82) is 5.26 Å². The van der Waals surface area contributed by atoms with Crippen molar-refractivity contribution in [3.63, 3.8) is 0 Å². The smallest absolute Gasteiger partial charge is 0.205 e.